The molecule has 0 saturated heterocycles. The molecule has 5 nitrogen and oxygen atoms in total. The third kappa shape index (κ3) is 5.47. The van der Waals surface area contributed by atoms with Crippen LogP contribution in [0.5, 0.6) is 11.5 Å². The number of carbonyl (C=O) groups excluding carboxylic acids is 1. The second-order valence-corrected chi connectivity index (χ2v) is 4.79. The molecule has 0 heterocycles. The lowest BCUT2D eigenvalue weighted by atomic mass is 10.1. The quantitative estimate of drug-likeness (QED) is 0.631. The first-order valence-corrected chi connectivity index (χ1v) is 7.43. The molecule has 2 aromatic carbocycles. The zero-order valence-electron chi connectivity index (χ0n) is 13.3. The normalized spacial score (nSPS) is 11.0. The van der Waals surface area contributed by atoms with Crippen LogP contribution in [0, 0.1) is 0 Å². The molecule has 2 rings (SSSR count). The van der Waals surface area contributed by atoms with Crippen molar-refractivity contribution in [3.8, 4) is 11.5 Å². The van der Waals surface area contributed by atoms with Crippen molar-refractivity contribution in [2.75, 3.05) is 13.2 Å². The highest BCUT2D eigenvalue weighted by atomic mass is 16.5. The molecule has 1 amide bonds. The van der Waals surface area contributed by atoms with E-state index in [-0.39, 0.29) is 12.5 Å². The Hall–Kier alpha value is -2.82. The number of nitrogens with zero attached hydrogens (tertiary/aromatic N) is 1. The lowest BCUT2D eigenvalue weighted by Gasteiger charge is -2.06. The Morgan fingerprint density at radius 2 is 1.65 bits per heavy atom. The number of hydrogen-bond acceptors (Lipinski definition) is 4. The molecule has 0 aliphatic carbocycles. The van der Waals surface area contributed by atoms with E-state index in [1.54, 1.807) is 12.1 Å². The Morgan fingerprint density at radius 3 is 2.30 bits per heavy atom. The molecule has 0 spiro atoms. The van der Waals surface area contributed by atoms with Crippen LogP contribution < -0.4 is 14.9 Å². The average Bonchev–Trinajstić information content (AvgIpc) is 2.59. The van der Waals surface area contributed by atoms with E-state index < -0.39 is 0 Å². The fourth-order valence-electron chi connectivity index (χ4n) is 1.87. The maximum atomic E-state index is 11.7. The largest absolute Gasteiger partial charge is 0.494 e. The van der Waals surface area contributed by atoms with Gasteiger partial charge in [0.25, 0.3) is 5.91 Å². The van der Waals surface area contributed by atoms with E-state index in [2.05, 4.69) is 10.5 Å². The highest BCUT2D eigenvalue weighted by Gasteiger charge is 2.03. The van der Waals surface area contributed by atoms with Gasteiger partial charge in [-0.05, 0) is 55.8 Å². The van der Waals surface area contributed by atoms with Crippen LogP contribution in [0.2, 0.25) is 0 Å². The van der Waals surface area contributed by atoms with Crippen molar-refractivity contribution < 1.29 is 14.3 Å². The van der Waals surface area contributed by atoms with Crippen LogP contribution in [-0.4, -0.2) is 24.8 Å². The predicted octanol–water partition coefficient (Wildman–Crippen LogP) is 3.00. The second kappa shape index (κ2) is 8.58. The van der Waals surface area contributed by atoms with Gasteiger partial charge in [0, 0.05) is 0 Å². The molecule has 5 heteroatoms. The molecule has 0 fully saturated rings. The van der Waals surface area contributed by atoms with Crippen LogP contribution in [-0.2, 0) is 4.79 Å². The van der Waals surface area contributed by atoms with Crippen LogP contribution >= 0.6 is 0 Å². The molecule has 0 radical (unpaired) electrons. The Morgan fingerprint density at radius 1 is 1.00 bits per heavy atom. The molecule has 2 aromatic rings. The summed E-state index contributed by atoms with van der Waals surface area (Å²) in [6, 6.07) is 16.7. The number of para-hydroxylation sites is 1. The molecule has 0 saturated carbocycles. The van der Waals surface area contributed by atoms with Gasteiger partial charge >= 0.3 is 0 Å². The van der Waals surface area contributed by atoms with Gasteiger partial charge < -0.3 is 9.47 Å². The molecule has 0 bridgehead atoms. The molecule has 0 aliphatic rings. The maximum absolute atomic E-state index is 11.7. The van der Waals surface area contributed by atoms with Crippen molar-refractivity contribution in [2.45, 2.75) is 13.8 Å². The van der Waals surface area contributed by atoms with Crippen molar-refractivity contribution in [1.82, 2.24) is 5.43 Å². The maximum Gasteiger partial charge on any atom is 0.277 e. The lowest BCUT2D eigenvalue weighted by molar-refractivity contribution is -0.123. The summed E-state index contributed by atoms with van der Waals surface area (Å²) in [7, 11) is 0. The Balaban J connectivity index is 1.84. The van der Waals surface area contributed by atoms with Gasteiger partial charge in [0.05, 0.1) is 12.3 Å². The number of hydrogen-bond donors (Lipinski definition) is 1. The summed E-state index contributed by atoms with van der Waals surface area (Å²) < 4.78 is 10.7. The minimum absolute atomic E-state index is 0.0793. The molecular formula is C18H20N2O3. The first-order valence-electron chi connectivity index (χ1n) is 7.43. The summed E-state index contributed by atoms with van der Waals surface area (Å²) in [6.45, 7) is 4.32. The number of nitrogens with one attached hydrogen (secondary N) is 1. The fourth-order valence-corrected chi connectivity index (χ4v) is 1.87. The van der Waals surface area contributed by atoms with Crippen molar-refractivity contribution in [3.05, 3.63) is 60.2 Å². The second-order valence-electron chi connectivity index (χ2n) is 4.79. The van der Waals surface area contributed by atoms with Gasteiger partial charge in [-0.2, -0.15) is 5.10 Å². The number of hydrazone groups is 1. The highest BCUT2D eigenvalue weighted by Crippen LogP contribution is 2.12. The summed E-state index contributed by atoms with van der Waals surface area (Å²) in [6.07, 6.45) is 0. The van der Waals surface area contributed by atoms with Crippen LogP contribution in [0.15, 0.2) is 59.7 Å². The van der Waals surface area contributed by atoms with E-state index in [0.29, 0.717) is 18.1 Å². The van der Waals surface area contributed by atoms with Crippen molar-refractivity contribution >= 4 is 11.6 Å². The molecular weight excluding hydrogens is 292 g/mol. The SMILES string of the molecule is CCOc1ccc(C(C)=NNC(=O)COc2ccccc2)cc1. The van der Waals surface area contributed by atoms with E-state index in [1.165, 1.54) is 0 Å². The minimum Gasteiger partial charge on any atom is -0.494 e. The van der Waals surface area contributed by atoms with Gasteiger partial charge in [-0.25, -0.2) is 5.43 Å². The molecule has 23 heavy (non-hydrogen) atoms. The van der Waals surface area contributed by atoms with Gasteiger partial charge in [0.1, 0.15) is 11.5 Å². The van der Waals surface area contributed by atoms with Crippen molar-refractivity contribution in [3.63, 3.8) is 0 Å². The van der Waals surface area contributed by atoms with Gasteiger partial charge in [-0.1, -0.05) is 18.2 Å². The smallest absolute Gasteiger partial charge is 0.277 e. The minimum atomic E-state index is -0.306. The molecule has 0 atom stereocenters. The number of carbonyl (C=O) groups is 1. The fraction of sp³-hybridized carbons (Fsp3) is 0.222. The van der Waals surface area contributed by atoms with E-state index in [0.717, 1.165) is 11.3 Å². The van der Waals surface area contributed by atoms with Crippen LogP contribution in [0.3, 0.4) is 0 Å². The summed E-state index contributed by atoms with van der Waals surface area (Å²) in [5.41, 5.74) is 4.11. The van der Waals surface area contributed by atoms with E-state index in [9.17, 15) is 4.79 Å². The third-order valence-electron chi connectivity index (χ3n) is 3.04. The van der Waals surface area contributed by atoms with Gasteiger partial charge in [0.2, 0.25) is 0 Å². The van der Waals surface area contributed by atoms with Crippen LogP contribution in [0.25, 0.3) is 0 Å². The van der Waals surface area contributed by atoms with Gasteiger partial charge in [0.15, 0.2) is 6.61 Å². The Labute approximate surface area is 135 Å². The first-order chi connectivity index (χ1) is 11.2. The zero-order chi connectivity index (χ0) is 16.5. The first kappa shape index (κ1) is 16.5. The number of rotatable bonds is 7. The van der Waals surface area contributed by atoms with Crippen molar-refractivity contribution in [1.29, 1.82) is 0 Å². The zero-order valence-corrected chi connectivity index (χ0v) is 13.3. The van der Waals surface area contributed by atoms with Crippen LogP contribution in [0.1, 0.15) is 19.4 Å². The van der Waals surface area contributed by atoms with Gasteiger partial charge in [-0.15, -0.1) is 0 Å². The molecule has 0 aliphatic heterocycles. The van der Waals surface area contributed by atoms with E-state index >= 15 is 0 Å². The molecule has 0 unspecified atom stereocenters. The van der Waals surface area contributed by atoms with E-state index in [4.69, 9.17) is 9.47 Å². The Bertz CT molecular complexity index is 652. The summed E-state index contributed by atoms with van der Waals surface area (Å²) in [5, 5.41) is 4.08. The number of benzene rings is 2. The van der Waals surface area contributed by atoms with Gasteiger partial charge in [-0.3, -0.25) is 4.79 Å². The topological polar surface area (TPSA) is 59.9 Å². The number of ether oxygens (including phenoxy) is 2. The Kier molecular flexibility index (Phi) is 6.17. The molecule has 120 valence electrons. The summed E-state index contributed by atoms with van der Waals surface area (Å²) >= 11 is 0. The molecule has 0 aromatic heterocycles. The van der Waals surface area contributed by atoms with Crippen LogP contribution in [0.4, 0.5) is 0 Å². The number of amides is 1. The standard InChI is InChI=1S/C18H20N2O3/c1-3-22-17-11-9-15(10-12-17)14(2)19-20-18(21)13-23-16-7-5-4-6-8-16/h4-12H,3,13H2,1-2H3,(H,20,21). The molecule has 1 N–H and O–H groups in total. The monoisotopic (exact) mass is 312 g/mol. The lowest BCUT2D eigenvalue weighted by Crippen LogP contribution is -2.25. The highest BCUT2D eigenvalue weighted by molar-refractivity contribution is 5.99. The van der Waals surface area contributed by atoms with E-state index in [1.807, 2.05) is 56.3 Å². The predicted molar refractivity (Wildman–Crippen MR) is 89.9 cm³/mol. The summed E-state index contributed by atoms with van der Waals surface area (Å²) in [5.74, 6) is 1.15. The van der Waals surface area contributed by atoms with Crippen molar-refractivity contribution in [2.24, 2.45) is 5.10 Å². The third-order valence-corrected chi connectivity index (χ3v) is 3.04. The average molecular weight is 312 g/mol. The summed E-state index contributed by atoms with van der Waals surface area (Å²) in [4.78, 5) is 11.7.